The third-order valence-corrected chi connectivity index (χ3v) is 6.16. The van der Waals surface area contributed by atoms with Gasteiger partial charge in [0.2, 0.25) is 11.8 Å². The molecule has 0 aliphatic carbocycles. The Kier molecular flexibility index (Phi) is 5.22. The fourth-order valence-electron chi connectivity index (χ4n) is 3.95. The zero-order valence-corrected chi connectivity index (χ0v) is 16.0. The Labute approximate surface area is 162 Å². The van der Waals surface area contributed by atoms with Crippen molar-refractivity contribution >= 4 is 23.2 Å². The Hall–Kier alpha value is -2.25. The van der Waals surface area contributed by atoms with Crippen molar-refractivity contribution in [1.29, 1.82) is 0 Å². The highest BCUT2D eigenvalue weighted by molar-refractivity contribution is 7.07. The topological polar surface area (TPSA) is 62.7 Å². The van der Waals surface area contributed by atoms with Crippen molar-refractivity contribution in [3.63, 3.8) is 0 Å². The highest BCUT2D eigenvalue weighted by Gasteiger charge is 2.48. The molecule has 142 valence electrons. The molecule has 7 heteroatoms. The SMILES string of the molecule is O=C(Cc1cscn1)N1CCC2(CCC(=O)N2OCc2ccccc2)CC1. The van der Waals surface area contributed by atoms with Crippen molar-refractivity contribution in [3.8, 4) is 0 Å². The van der Waals surface area contributed by atoms with Gasteiger partial charge in [0.15, 0.2) is 0 Å². The molecule has 2 amide bonds. The van der Waals surface area contributed by atoms with Gasteiger partial charge in [-0.25, -0.2) is 10.0 Å². The summed E-state index contributed by atoms with van der Waals surface area (Å²) in [6.07, 6.45) is 3.19. The summed E-state index contributed by atoms with van der Waals surface area (Å²) < 4.78 is 0. The molecule has 0 atom stereocenters. The van der Waals surface area contributed by atoms with E-state index in [1.54, 1.807) is 10.6 Å². The summed E-state index contributed by atoms with van der Waals surface area (Å²) in [6, 6.07) is 9.88. The van der Waals surface area contributed by atoms with Crippen LogP contribution in [0.3, 0.4) is 0 Å². The van der Waals surface area contributed by atoms with E-state index in [-0.39, 0.29) is 17.4 Å². The minimum Gasteiger partial charge on any atom is -0.342 e. The average Bonchev–Trinajstić information content (AvgIpc) is 3.30. The first-order valence-electron chi connectivity index (χ1n) is 9.31. The maximum atomic E-state index is 12.5. The lowest BCUT2D eigenvalue weighted by Crippen LogP contribution is -2.54. The number of carbonyl (C=O) groups is 2. The Balaban J connectivity index is 1.36. The van der Waals surface area contributed by atoms with Gasteiger partial charge >= 0.3 is 0 Å². The summed E-state index contributed by atoms with van der Waals surface area (Å²) >= 11 is 1.51. The predicted molar refractivity (Wildman–Crippen MR) is 102 cm³/mol. The van der Waals surface area contributed by atoms with E-state index in [0.717, 1.165) is 30.5 Å². The highest BCUT2D eigenvalue weighted by atomic mass is 32.1. The summed E-state index contributed by atoms with van der Waals surface area (Å²) in [6.45, 7) is 1.70. The quantitative estimate of drug-likeness (QED) is 0.794. The Morgan fingerprint density at radius 2 is 1.96 bits per heavy atom. The van der Waals surface area contributed by atoms with Gasteiger partial charge in [-0.05, 0) is 24.8 Å². The molecule has 2 saturated heterocycles. The normalized spacial score (nSPS) is 19.0. The number of amides is 2. The Morgan fingerprint density at radius 3 is 2.67 bits per heavy atom. The van der Waals surface area contributed by atoms with Crippen LogP contribution < -0.4 is 0 Å². The van der Waals surface area contributed by atoms with Crippen molar-refractivity contribution in [2.75, 3.05) is 13.1 Å². The second kappa shape index (κ2) is 7.78. The van der Waals surface area contributed by atoms with Gasteiger partial charge < -0.3 is 4.90 Å². The van der Waals surface area contributed by atoms with E-state index in [2.05, 4.69) is 4.98 Å². The molecule has 2 fully saturated rings. The number of benzene rings is 1. The standard InChI is InChI=1S/C20H23N3O3S/c24-18-6-7-20(23(18)26-13-16-4-2-1-3-5-16)8-10-22(11-9-20)19(25)12-17-14-27-15-21-17/h1-5,14-15H,6-13H2. The van der Waals surface area contributed by atoms with Crippen LogP contribution in [0.5, 0.6) is 0 Å². The Bertz CT molecular complexity index is 786. The zero-order valence-electron chi connectivity index (χ0n) is 15.2. The van der Waals surface area contributed by atoms with Crippen molar-refractivity contribution in [1.82, 2.24) is 14.9 Å². The van der Waals surface area contributed by atoms with Crippen molar-refractivity contribution < 1.29 is 14.4 Å². The monoisotopic (exact) mass is 385 g/mol. The number of carbonyl (C=O) groups excluding carboxylic acids is 2. The highest BCUT2D eigenvalue weighted by Crippen LogP contribution is 2.39. The van der Waals surface area contributed by atoms with E-state index in [4.69, 9.17) is 4.84 Å². The number of likely N-dealkylation sites (tertiary alicyclic amines) is 1. The van der Waals surface area contributed by atoms with Gasteiger partial charge in [-0.1, -0.05) is 30.3 Å². The van der Waals surface area contributed by atoms with Crippen LogP contribution in [0.25, 0.3) is 0 Å². The maximum Gasteiger partial charge on any atom is 0.246 e. The summed E-state index contributed by atoms with van der Waals surface area (Å²) in [5.41, 5.74) is 3.35. The molecule has 2 aliphatic rings. The first-order chi connectivity index (χ1) is 13.2. The number of aromatic nitrogens is 1. The van der Waals surface area contributed by atoms with Crippen molar-refractivity contribution in [3.05, 3.63) is 52.5 Å². The smallest absolute Gasteiger partial charge is 0.246 e. The second-order valence-corrected chi connectivity index (χ2v) is 7.93. The summed E-state index contributed by atoms with van der Waals surface area (Å²) in [5.74, 6) is 0.157. The number of hydrogen-bond acceptors (Lipinski definition) is 5. The molecule has 0 N–H and O–H groups in total. The first-order valence-corrected chi connectivity index (χ1v) is 10.3. The van der Waals surface area contributed by atoms with Crippen molar-refractivity contribution in [2.24, 2.45) is 0 Å². The lowest BCUT2D eigenvalue weighted by atomic mass is 9.86. The van der Waals surface area contributed by atoms with Crippen LogP contribution in [0.15, 0.2) is 41.2 Å². The summed E-state index contributed by atoms with van der Waals surface area (Å²) in [4.78, 5) is 36.9. The van der Waals surface area contributed by atoms with Gasteiger partial charge in [-0.3, -0.25) is 14.4 Å². The molecule has 1 aromatic carbocycles. The fraction of sp³-hybridized carbons (Fsp3) is 0.450. The van der Waals surface area contributed by atoms with Gasteiger partial charge in [0.05, 0.1) is 23.2 Å². The second-order valence-electron chi connectivity index (χ2n) is 7.21. The molecule has 27 heavy (non-hydrogen) atoms. The molecular formula is C20H23N3O3S. The van der Waals surface area contributed by atoms with Crippen molar-refractivity contribution in [2.45, 2.75) is 44.2 Å². The minimum absolute atomic E-state index is 0.0492. The molecule has 0 unspecified atom stereocenters. The number of hydroxylamine groups is 2. The Morgan fingerprint density at radius 1 is 1.19 bits per heavy atom. The molecule has 4 rings (SSSR count). The molecular weight excluding hydrogens is 362 g/mol. The number of piperidine rings is 1. The van der Waals surface area contributed by atoms with Gasteiger partial charge in [-0.15, -0.1) is 11.3 Å². The average molecular weight is 385 g/mol. The van der Waals surface area contributed by atoms with Gasteiger partial charge in [0, 0.05) is 24.9 Å². The number of rotatable bonds is 5. The zero-order chi connectivity index (χ0) is 18.7. The third-order valence-electron chi connectivity index (χ3n) is 5.53. The molecule has 1 spiro atoms. The summed E-state index contributed by atoms with van der Waals surface area (Å²) in [7, 11) is 0. The van der Waals surface area contributed by atoms with E-state index in [0.29, 0.717) is 32.5 Å². The number of hydrogen-bond donors (Lipinski definition) is 0. The molecule has 0 bridgehead atoms. The maximum absolute atomic E-state index is 12.5. The van der Waals surface area contributed by atoms with Crippen LogP contribution in [0.1, 0.15) is 36.9 Å². The molecule has 2 aliphatic heterocycles. The van der Waals surface area contributed by atoms with E-state index in [9.17, 15) is 9.59 Å². The van der Waals surface area contributed by atoms with Crippen LogP contribution >= 0.6 is 11.3 Å². The van der Waals surface area contributed by atoms with Crippen LogP contribution in [0.2, 0.25) is 0 Å². The molecule has 1 aromatic heterocycles. The first kappa shape index (κ1) is 18.1. The number of thiazole rings is 1. The van der Waals surface area contributed by atoms with E-state index >= 15 is 0 Å². The third kappa shape index (κ3) is 3.89. The van der Waals surface area contributed by atoms with Crippen LogP contribution in [-0.2, 0) is 27.5 Å². The number of nitrogens with zero attached hydrogens (tertiary/aromatic N) is 3. The predicted octanol–water partition coefficient (Wildman–Crippen LogP) is 2.80. The van der Waals surface area contributed by atoms with Crippen LogP contribution in [0, 0.1) is 0 Å². The lowest BCUT2D eigenvalue weighted by molar-refractivity contribution is -0.222. The molecule has 0 radical (unpaired) electrons. The molecule has 6 nitrogen and oxygen atoms in total. The van der Waals surface area contributed by atoms with Gasteiger partial charge in [0.1, 0.15) is 6.61 Å². The lowest BCUT2D eigenvalue weighted by Gasteiger charge is -2.43. The van der Waals surface area contributed by atoms with Gasteiger partial charge in [-0.2, -0.15) is 0 Å². The molecule has 3 heterocycles. The van der Waals surface area contributed by atoms with Crippen LogP contribution in [-0.4, -0.2) is 45.4 Å². The van der Waals surface area contributed by atoms with Crippen LogP contribution in [0.4, 0.5) is 0 Å². The van der Waals surface area contributed by atoms with E-state index in [1.807, 2.05) is 40.6 Å². The summed E-state index contributed by atoms with van der Waals surface area (Å²) in [5, 5.41) is 3.53. The fourth-order valence-corrected chi connectivity index (χ4v) is 4.50. The van der Waals surface area contributed by atoms with Gasteiger partial charge in [0.25, 0.3) is 0 Å². The van der Waals surface area contributed by atoms with E-state index < -0.39 is 0 Å². The van der Waals surface area contributed by atoms with E-state index in [1.165, 1.54) is 11.3 Å². The largest absolute Gasteiger partial charge is 0.342 e. The molecule has 2 aromatic rings. The minimum atomic E-state index is -0.275. The molecule has 0 saturated carbocycles.